The molecule has 2 N–H and O–H groups in total. The minimum atomic E-state index is -3.94. The lowest BCUT2D eigenvalue weighted by molar-refractivity contribution is 0.290. The molecule has 0 bridgehead atoms. The molecule has 0 aliphatic heterocycles. The van der Waals surface area contributed by atoms with Crippen molar-refractivity contribution in [1.29, 1.82) is 0 Å². The summed E-state index contributed by atoms with van der Waals surface area (Å²) in [5.74, 6) is -0.892. The summed E-state index contributed by atoms with van der Waals surface area (Å²) in [6.45, 7) is 0.0533. The Labute approximate surface area is 134 Å². The average molecular weight is 395 g/mol. The summed E-state index contributed by atoms with van der Waals surface area (Å²) in [5, 5.41) is 5.40. The second-order valence-corrected chi connectivity index (χ2v) is 7.05. The van der Waals surface area contributed by atoms with E-state index >= 15 is 0 Å². The van der Waals surface area contributed by atoms with Crippen LogP contribution in [0.1, 0.15) is 5.56 Å². The summed E-state index contributed by atoms with van der Waals surface area (Å²) >= 11 is 9.30. The predicted molar refractivity (Wildman–Crippen MR) is 81.3 cm³/mol. The Morgan fingerprint density at radius 2 is 1.95 bits per heavy atom. The fourth-order valence-electron chi connectivity index (χ4n) is 1.57. The highest BCUT2D eigenvalue weighted by molar-refractivity contribution is 9.10. The topological polar surface area (TPSA) is 69.4 Å². The van der Waals surface area contributed by atoms with E-state index in [9.17, 15) is 12.8 Å². The van der Waals surface area contributed by atoms with Crippen LogP contribution in [-0.2, 0) is 16.6 Å². The molecule has 2 aromatic rings. The number of rotatable bonds is 4. The Kier molecular flexibility index (Phi) is 4.88. The van der Waals surface area contributed by atoms with E-state index in [-0.39, 0.29) is 17.3 Å². The molecule has 112 valence electrons. The number of ether oxygens (including phenoxy) is 1. The van der Waals surface area contributed by atoms with Gasteiger partial charge in [-0.1, -0.05) is 33.6 Å². The Balaban J connectivity index is 2.17. The maximum absolute atomic E-state index is 13.8. The third-order valence-corrected chi connectivity index (χ3v) is 4.39. The molecule has 8 heteroatoms. The van der Waals surface area contributed by atoms with E-state index in [0.29, 0.717) is 10.6 Å². The zero-order valence-electron chi connectivity index (χ0n) is 10.5. The monoisotopic (exact) mass is 393 g/mol. The van der Waals surface area contributed by atoms with Crippen LogP contribution in [0.5, 0.6) is 5.75 Å². The lowest BCUT2D eigenvalue weighted by Gasteiger charge is -2.09. The summed E-state index contributed by atoms with van der Waals surface area (Å²) in [4.78, 5) is -0.311. The van der Waals surface area contributed by atoms with Crippen molar-refractivity contribution in [2.75, 3.05) is 0 Å². The molecule has 0 aliphatic rings. The number of hydrogen-bond donors (Lipinski definition) is 1. The maximum Gasteiger partial charge on any atom is 0.238 e. The molecule has 0 radical (unpaired) electrons. The van der Waals surface area contributed by atoms with Gasteiger partial charge in [0.15, 0.2) is 11.6 Å². The minimum absolute atomic E-state index is 0.0533. The number of benzene rings is 2. The Bertz CT molecular complexity index is 783. The van der Waals surface area contributed by atoms with Crippen LogP contribution in [0.15, 0.2) is 45.8 Å². The molecule has 0 aromatic heterocycles. The summed E-state index contributed by atoms with van der Waals surface area (Å²) in [5.41, 5.74) is 0.676. The normalized spacial score (nSPS) is 11.4. The molecule has 4 nitrogen and oxygen atoms in total. The standard InChI is InChI=1S/C13H10BrClFNO3S/c14-9-2-1-8(11(15)5-9)7-20-13-4-3-10(6-12(13)16)21(17,18)19/h1-6H,7H2,(H2,17,18,19). The SMILES string of the molecule is NS(=O)(=O)c1ccc(OCc2ccc(Br)cc2Cl)c(F)c1. The summed E-state index contributed by atoms with van der Waals surface area (Å²) in [6.07, 6.45) is 0. The zero-order chi connectivity index (χ0) is 15.6. The fraction of sp³-hybridized carbons (Fsp3) is 0.0769. The largest absolute Gasteiger partial charge is 0.486 e. The van der Waals surface area contributed by atoms with Gasteiger partial charge >= 0.3 is 0 Å². The fourth-order valence-corrected chi connectivity index (χ4v) is 2.82. The highest BCUT2D eigenvalue weighted by atomic mass is 79.9. The van der Waals surface area contributed by atoms with Crippen molar-refractivity contribution in [3.05, 3.63) is 57.3 Å². The number of hydrogen-bond acceptors (Lipinski definition) is 3. The Morgan fingerprint density at radius 1 is 1.24 bits per heavy atom. The van der Waals surface area contributed by atoms with Crippen LogP contribution >= 0.6 is 27.5 Å². The van der Waals surface area contributed by atoms with Crippen LogP contribution in [-0.4, -0.2) is 8.42 Å². The van der Waals surface area contributed by atoms with Crippen molar-refractivity contribution in [3.8, 4) is 5.75 Å². The first-order valence-corrected chi connectivity index (χ1v) is 8.38. The van der Waals surface area contributed by atoms with Crippen molar-refractivity contribution in [1.82, 2.24) is 0 Å². The highest BCUT2D eigenvalue weighted by Crippen LogP contribution is 2.25. The van der Waals surface area contributed by atoms with E-state index in [4.69, 9.17) is 21.5 Å². The highest BCUT2D eigenvalue weighted by Gasteiger charge is 2.12. The van der Waals surface area contributed by atoms with E-state index in [1.807, 2.05) is 0 Å². The molecule has 0 saturated carbocycles. The molecular weight excluding hydrogens is 385 g/mol. The molecule has 0 spiro atoms. The van der Waals surface area contributed by atoms with Gasteiger partial charge in [-0.05, 0) is 30.3 Å². The molecule has 0 atom stereocenters. The molecule has 0 fully saturated rings. The van der Waals surface area contributed by atoms with Crippen molar-refractivity contribution in [2.45, 2.75) is 11.5 Å². The van der Waals surface area contributed by atoms with Crippen molar-refractivity contribution < 1.29 is 17.5 Å². The molecule has 2 rings (SSSR count). The third kappa shape index (κ3) is 4.16. The second-order valence-electron chi connectivity index (χ2n) is 4.16. The first-order valence-electron chi connectivity index (χ1n) is 5.66. The van der Waals surface area contributed by atoms with E-state index in [2.05, 4.69) is 15.9 Å². The quantitative estimate of drug-likeness (QED) is 0.863. The van der Waals surface area contributed by atoms with E-state index in [0.717, 1.165) is 10.5 Å². The third-order valence-electron chi connectivity index (χ3n) is 2.63. The van der Waals surface area contributed by atoms with Gasteiger partial charge in [0.2, 0.25) is 10.0 Å². The number of halogens is 3. The zero-order valence-corrected chi connectivity index (χ0v) is 13.7. The lowest BCUT2D eigenvalue weighted by Crippen LogP contribution is -2.12. The average Bonchev–Trinajstić information content (AvgIpc) is 2.38. The van der Waals surface area contributed by atoms with Gasteiger partial charge in [-0.2, -0.15) is 0 Å². The van der Waals surface area contributed by atoms with Gasteiger partial charge in [0.25, 0.3) is 0 Å². The Hall–Kier alpha value is -1.15. The van der Waals surface area contributed by atoms with E-state index in [1.165, 1.54) is 12.1 Å². The van der Waals surface area contributed by atoms with Crippen molar-refractivity contribution in [3.63, 3.8) is 0 Å². The number of nitrogens with two attached hydrogens (primary N) is 1. The molecule has 0 heterocycles. The van der Waals surface area contributed by atoms with Crippen molar-refractivity contribution in [2.24, 2.45) is 5.14 Å². The van der Waals surface area contributed by atoms with E-state index in [1.54, 1.807) is 18.2 Å². The van der Waals surface area contributed by atoms with Crippen LogP contribution in [0.3, 0.4) is 0 Å². The first kappa shape index (κ1) is 16.2. The van der Waals surface area contributed by atoms with Crippen molar-refractivity contribution >= 4 is 37.6 Å². The smallest absolute Gasteiger partial charge is 0.238 e. The molecule has 21 heavy (non-hydrogen) atoms. The van der Waals surface area contributed by atoms with Gasteiger partial charge in [0.1, 0.15) is 6.61 Å². The maximum atomic E-state index is 13.8. The van der Waals surface area contributed by atoms with Gasteiger partial charge < -0.3 is 4.74 Å². The second kappa shape index (κ2) is 6.31. The molecule has 2 aromatic carbocycles. The van der Waals surface area contributed by atoms with Crippen LogP contribution in [0.2, 0.25) is 5.02 Å². The number of primary sulfonamides is 1. The van der Waals surface area contributed by atoms with Gasteiger partial charge in [-0.15, -0.1) is 0 Å². The summed E-state index contributed by atoms with van der Waals surface area (Å²) in [6, 6.07) is 8.42. The summed E-state index contributed by atoms with van der Waals surface area (Å²) < 4.78 is 42.1. The Morgan fingerprint density at radius 3 is 2.52 bits per heavy atom. The molecule has 0 saturated heterocycles. The van der Waals surface area contributed by atoms with Gasteiger partial charge in [0, 0.05) is 15.1 Å². The minimum Gasteiger partial charge on any atom is -0.486 e. The molecule has 0 unspecified atom stereocenters. The number of sulfonamides is 1. The van der Waals surface area contributed by atoms with Crippen LogP contribution in [0.4, 0.5) is 4.39 Å². The van der Waals surface area contributed by atoms with Crippen LogP contribution in [0.25, 0.3) is 0 Å². The van der Waals surface area contributed by atoms with Gasteiger partial charge in [-0.25, -0.2) is 17.9 Å². The van der Waals surface area contributed by atoms with Gasteiger partial charge in [-0.3, -0.25) is 0 Å². The molecule has 0 aliphatic carbocycles. The molecular formula is C13H10BrClFNO3S. The van der Waals surface area contributed by atoms with Crippen LogP contribution < -0.4 is 9.88 Å². The lowest BCUT2D eigenvalue weighted by atomic mass is 10.2. The molecule has 0 amide bonds. The first-order chi connectivity index (χ1) is 9.77. The van der Waals surface area contributed by atoms with Crippen LogP contribution in [0, 0.1) is 5.82 Å². The van der Waals surface area contributed by atoms with E-state index < -0.39 is 15.8 Å². The predicted octanol–water partition coefficient (Wildman–Crippen LogP) is 3.47. The summed E-state index contributed by atoms with van der Waals surface area (Å²) in [7, 11) is -3.94. The van der Waals surface area contributed by atoms with Gasteiger partial charge in [0.05, 0.1) is 4.90 Å².